The highest BCUT2D eigenvalue weighted by Crippen LogP contribution is 2.35. The third kappa shape index (κ3) is 4.93. The van der Waals surface area contributed by atoms with Gasteiger partial charge in [-0.25, -0.2) is 9.78 Å². The third-order valence-electron chi connectivity index (χ3n) is 7.07. The number of anilines is 1. The van der Waals surface area contributed by atoms with Gasteiger partial charge in [0.2, 0.25) is 0 Å². The van der Waals surface area contributed by atoms with E-state index in [0.29, 0.717) is 54.8 Å². The zero-order valence-electron chi connectivity index (χ0n) is 22.1. The van der Waals surface area contributed by atoms with E-state index in [0.717, 1.165) is 29.8 Å². The maximum atomic E-state index is 13.4. The van der Waals surface area contributed by atoms with E-state index in [4.69, 9.17) is 14.2 Å². The van der Waals surface area contributed by atoms with Crippen molar-refractivity contribution in [1.29, 1.82) is 0 Å². The van der Waals surface area contributed by atoms with Crippen molar-refractivity contribution in [2.24, 2.45) is 0 Å². The Labute approximate surface area is 221 Å². The van der Waals surface area contributed by atoms with Crippen LogP contribution < -0.4 is 10.1 Å². The van der Waals surface area contributed by atoms with Crippen molar-refractivity contribution in [3.05, 3.63) is 52.8 Å². The molecule has 11 nitrogen and oxygen atoms in total. The van der Waals surface area contributed by atoms with Gasteiger partial charge in [-0.05, 0) is 62.1 Å². The predicted octanol–water partition coefficient (Wildman–Crippen LogP) is 3.42. The van der Waals surface area contributed by atoms with E-state index in [1.807, 2.05) is 18.2 Å². The summed E-state index contributed by atoms with van der Waals surface area (Å²) in [6.07, 6.45) is 2.09. The Kier molecular flexibility index (Phi) is 7.02. The molecule has 2 amide bonds. The van der Waals surface area contributed by atoms with Gasteiger partial charge in [-0.1, -0.05) is 6.07 Å². The molecule has 0 spiro atoms. The molecule has 0 saturated heterocycles. The molecule has 0 fully saturated rings. The predicted molar refractivity (Wildman–Crippen MR) is 139 cm³/mol. The fraction of sp³-hybridized carbons (Fsp3) is 0.444. The molecule has 2 aliphatic rings. The summed E-state index contributed by atoms with van der Waals surface area (Å²) in [5, 5.41) is 11.6. The van der Waals surface area contributed by atoms with Gasteiger partial charge in [0.1, 0.15) is 29.7 Å². The maximum absolute atomic E-state index is 13.4. The smallest absolute Gasteiger partial charge is 0.410 e. The second kappa shape index (κ2) is 10.4. The number of pyridine rings is 1. The molecule has 0 atom stereocenters. The molecule has 38 heavy (non-hydrogen) atoms. The summed E-state index contributed by atoms with van der Waals surface area (Å²) < 4.78 is 17.9. The van der Waals surface area contributed by atoms with Gasteiger partial charge in [-0.2, -0.15) is 0 Å². The van der Waals surface area contributed by atoms with Crippen LogP contribution >= 0.6 is 0 Å². The Morgan fingerprint density at radius 3 is 2.71 bits per heavy atom. The average Bonchev–Trinajstić information content (AvgIpc) is 3.48. The minimum Gasteiger partial charge on any atom is -0.496 e. The highest BCUT2D eigenvalue weighted by Gasteiger charge is 2.34. The first-order valence-corrected chi connectivity index (χ1v) is 12.6. The lowest BCUT2D eigenvalue weighted by molar-refractivity contribution is 0.0688. The van der Waals surface area contributed by atoms with Crippen molar-refractivity contribution >= 4 is 17.8 Å². The number of ether oxygens (including phenoxy) is 3. The monoisotopic (exact) mass is 520 g/mol. The van der Waals surface area contributed by atoms with E-state index < -0.39 is 6.09 Å². The number of amides is 2. The molecular weight excluding hydrogens is 488 g/mol. The van der Waals surface area contributed by atoms with Crippen LogP contribution in [0.2, 0.25) is 0 Å². The molecule has 5 rings (SSSR count). The fourth-order valence-electron chi connectivity index (χ4n) is 5.01. The van der Waals surface area contributed by atoms with Crippen molar-refractivity contribution in [3.8, 4) is 17.3 Å². The molecule has 0 radical (unpaired) electrons. The van der Waals surface area contributed by atoms with Crippen LogP contribution in [0.1, 0.15) is 47.6 Å². The van der Waals surface area contributed by atoms with Crippen LogP contribution in [0.3, 0.4) is 0 Å². The average molecular weight is 521 g/mol. The Hall–Kier alpha value is -3.99. The van der Waals surface area contributed by atoms with Gasteiger partial charge in [0, 0.05) is 32.2 Å². The van der Waals surface area contributed by atoms with Crippen molar-refractivity contribution < 1.29 is 23.8 Å². The second-order valence-corrected chi connectivity index (χ2v) is 10.0. The Balaban J connectivity index is 1.36. The van der Waals surface area contributed by atoms with E-state index in [2.05, 4.69) is 38.9 Å². The Morgan fingerprint density at radius 1 is 1.08 bits per heavy atom. The molecule has 2 aliphatic heterocycles. The number of nitrogens with one attached hydrogen (secondary N) is 1. The van der Waals surface area contributed by atoms with E-state index in [1.165, 1.54) is 7.11 Å². The van der Waals surface area contributed by atoms with Crippen LogP contribution in [-0.4, -0.2) is 70.6 Å². The minimum absolute atomic E-state index is 0.102. The molecular formula is C27H32N6O5. The topological polar surface area (TPSA) is 121 Å². The maximum Gasteiger partial charge on any atom is 0.410 e. The number of fused-ring (bicyclic) bond motifs is 2. The summed E-state index contributed by atoms with van der Waals surface area (Å²) in [6, 6.07) is 9.06. The van der Waals surface area contributed by atoms with Gasteiger partial charge >= 0.3 is 6.09 Å². The van der Waals surface area contributed by atoms with Crippen molar-refractivity contribution in [1.82, 2.24) is 24.6 Å². The number of hydrogen-bond donors (Lipinski definition) is 1. The van der Waals surface area contributed by atoms with E-state index in [9.17, 15) is 9.59 Å². The molecule has 0 bridgehead atoms. The van der Waals surface area contributed by atoms with Crippen LogP contribution in [-0.2, 0) is 34.4 Å². The van der Waals surface area contributed by atoms with E-state index in [-0.39, 0.29) is 18.1 Å². The number of methoxy groups -OCH3 is 2. The number of aromatic nitrogens is 4. The van der Waals surface area contributed by atoms with Gasteiger partial charge in [-0.15, -0.1) is 10.2 Å². The minimum atomic E-state index is -0.404. The number of carbonyl (C=O) groups is 2. The fourth-order valence-corrected chi connectivity index (χ4v) is 5.01. The Morgan fingerprint density at radius 2 is 1.92 bits per heavy atom. The van der Waals surface area contributed by atoms with Gasteiger partial charge < -0.3 is 29.0 Å². The van der Waals surface area contributed by atoms with Crippen molar-refractivity contribution in [2.75, 3.05) is 39.3 Å². The molecule has 0 saturated carbocycles. The normalized spacial score (nSPS) is 15.5. The van der Waals surface area contributed by atoms with Crippen LogP contribution in [0.5, 0.6) is 5.75 Å². The first-order valence-electron chi connectivity index (χ1n) is 12.6. The molecule has 1 aromatic carbocycles. The summed E-state index contributed by atoms with van der Waals surface area (Å²) in [7, 11) is 3.09. The zero-order valence-corrected chi connectivity index (χ0v) is 22.1. The largest absolute Gasteiger partial charge is 0.496 e. The number of carbonyl (C=O) groups excluding carboxylic acids is 2. The van der Waals surface area contributed by atoms with Crippen LogP contribution in [0, 0.1) is 0 Å². The molecule has 0 aliphatic carbocycles. The SMILES string of the molecule is COCCOC(=O)N1CCc2cc(OC)c(C(=O)Nc3cccc(-c4nnc5n4C(C)(C)CC5)n3)cc2C1. The summed E-state index contributed by atoms with van der Waals surface area (Å²) in [4.78, 5) is 32.1. The first-order chi connectivity index (χ1) is 18.3. The number of benzene rings is 1. The van der Waals surface area contributed by atoms with Crippen molar-refractivity contribution in [3.63, 3.8) is 0 Å². The molecule has 2 aromatic heterocycles. The molecule has 200 valence electrons. The lowest BCUT2D eigenvalue weighted by Crippen LogP contribution is -2.37. The Bertz CT molecular complexity index is 1370. The number of aryl methyl sites for hydroxylation is 1. The highest BCUT2D eigenvalue weighted by molar-refractivity contribution is 6.06. The summed E-state index contributed by atoms with van der Waals surface area (Å²) in [6.45, 7) is 5.70. The zero-order chi connectivity index (χ0) is 26.9. The summed E-state index contributed by atoms with van der Waals surface area (Å²) in [5.74, 6) is 2.12. The lowest BCUT2D eigenvalue weighted by Gasteiger charge is -2.29. The molecule has 4 heterocycles. The van der Waals surface area contributed by atoms with Crippen molar-refractivity contribution in [2.45, 2.75) is 45.2 Å². The number of nitrogens with zero attached hydrogens (tertiary/aromatic N) is 5. The van der Waals surface area contributed by atoms with Crippen LogP contribution in [0.25, 0.3) is 11.5 Å². The third-order valence-corrected chi connectivity index (χ3v) is 7.07. The first kappa shape index (κ1) is 25.7. The molecule has 3 aromatic rings. The van der Waals surface area contributed by atoms with Gasteiger partial charge in [0.25, 0.3) is 5.91 Å². The van der Waals surface area contributed by atoms with Gasteiger partial charge in [0.05, 0.1) is 19.3 Å². The van der Waals surface area contributed by atoms with Gasteiger partial charge in [0.15, 0.2) is 5.82 Å². The summed E-state index contributed by atoms with van der Waals surface area (Å²) >= 11 is 0. The highest BCUT2D eigenvalue weighted by atomic mass is 16.6. The van der Waals surface area contributed by atoms with Crippen LogP contribution in [0.15, 0.2) is 30.3 Å². The summed E-state index contributed by atoms with van der Waals surface area (Å²) in [5.41, 5.74) is 2.79. The lowest BCUT2D eigenvalue weighted by atomic mass is 9.96. The van der Waals surface area contributed by atoms with Crippen LogP contribution in [0.4, 0.5) is 10.6 Å². The van der Waals surface area contributed by atoms with Gasteiger partial charge in [-0.3, -0.25) is 4.79 Å². The standard InChI is InChI=1S/C27H32N6O5/c1-27(2)10-8-23-30-31-24(33(23)27)20-6-5-7-22(28-20)29-25(34)19-14-18-16-32(26(35)38-13-12-36-3)11-9-17(18)15-21(19)37-4/h5-7,14-15H,8-13,16H2,1-4H3,(H,28,29,34). The van der Waals surface area contributed by atoms with E-state index in [1.54, 1.807) is 24.1 Å². The molecule has 0 unspecified atom stereocenters. The number of rotatable bonds is 7. The van der Waals surface area contributed by atoms with E-state index >= 15 is 0 Å². The molecule has 11 heteroatoms. The quantitative estimate of drug-likeness (QED) is 0.471. The number of hydrogen-bond acceptors (Lipinski definition) is 8. The molecule has 1 N–H and O–H groups in total. The second-order valence-electron chi connectivity index (χ2n) is 10.0.